The molecule has 1 aromatic carbocycles. The van der Waals surface area contributed by atoms with E-state index >= 15 is 0 Å². The van der Waals surface area contributed by atoms with Crippen LogP contribution in [0.3, 0.4) is 0 Å². The highest BCUT2D eigenvalue weighted by molar-refractivity contribution is 8.00. The average molecular weight is 250 g/mol. The van der Waals surface area contributed by atoms with E-state index in [9.17, 15) is 4.79 Å². The number of carboxylic acids is 1. The van der Waals surface area contributed by atoms with Crippen molar-refractivity contribution in [3.05, 3.63) is 29.3 Å². The third-order valence-corrected chi connectivity index (χ3v) is 4.61. The van der Waals surface area contributed by atoms with Crippen LogP contribution >= 0.6 is 11.8 Å². The van der Waals surface area contributed by atoms with Gasteiger partial charge in [0.2, 0.25) is 0 Å². The van der Waals surface area contributed by atoms with Gasteiger partial charge in [0.15, 0.2) is 0 Å². The Morgan fingerprint density at radius 3 is 2.59 bits per heavy atom. The molecule has 0 bridgehead atoms. The molecular formula is C14H18O2S. The Hall–Kier alpha value is -0.960. The molecule has 1 fully saturated rings. The Morgan fingerprint density at radius 1 is 1.29 bits per heavy atom. The molecule has 0 aromatic heterocycles. The summed E-state index contributed by atoms with van der Waals surface area (Å²) in [5.41, 5.74) is 1.27. The van der Waals surface area contributed by atoms with Crippen molar-refractivity contribution in [2.75, 3.05) is 0 Å². The molecule has 0 spiro atoms. The van der Waals surface area contributed by atoms with Gasteiger partial charge in [-0.1, -0.05) is 19.3 Å². The second kappa shape index (κ2) is 5.58. The van der Waals surface area contributed by atoms with Gasteiger partial charge >= 0.3 is 5.97 Å². The number of carbonyl (C=O) groups is 1. The monoisotopic (exact) mass is 250 g/mol. The third-order valence-electron chi connectivity index (χ3n) is 3.28. The lowest BCUT2D eigenvalue weighted by Crippen LogP contribution is -2.07. The zero-order chi connectivity index (χ0) is 12.3. The van der Waals surface area contributed by atoms with Crippen LogP contribution in [0.1, 0.15) is 48.0 Å². The molecule has 92 valence electrons. The maximum atomic E-state index is 10.9. The van der Waals surface area contributed by atoms with E-state index in [0.29, 0.717) is 5.56 Å². The van der Waals surface area contributed by atoms with Crippen molar-refractivity contribution in [1.29, 1.82) is 0 Å². The summed E-state index contributed by atoms with van der Waals surface area (Å²) in [7, 11) is 0. The van der Waals surface area contributed by atoms with Crippen LogP contribution < -0.4 is 0 Å². The molecule has 0 radical (unpaired) electrons. The maximum absolute atomic E-state index is 10.9. The molecule has 0 aliphatic heterocycles. The van der Waals surface area contributed by atoms with Gasteiger partial charge in [0.05, 0.1) is 5.56 Å². The standard InChI is InChI=1S/C14H18O2S/c1-10-9-12(7-8-13(10)14(15)16)17-11-5-3-2-4-6-11/h7-9,11H,2-6H2,1H3,(H,15,16). The number of hydrogen-bond acceptors (Lipinski definition) is 2. The number of aryl methyl sites for hydroxylation is 1. The first-order valence-electron chi connectivity index (χ1n) is 6.17. The van der Waals surface area contributed by atoms with E-state index < -0.39 is 5.97 Å². The van der Waals surface area contributed by atoms with Gasteiger partial charge in [0.1, 0.15) is 0 Å². The fraction of sp³-hybridized carbons (Fsp3) is 0.500. The molecular weight excluding hydrogens is 232 g/mol. The lowest BCUT2D eigenvalue weighted by atomic mass is 10.0. The van der Waals surface area contributed by atoms with Gasteiger partial charge in [-0.3, -0.25) is 0 Å². The summed E-state index contributed by atoms with van der Waals surface area (Å²) in [6.07, 6.45) is 6.64. The Labute approximate surface area is 106 Å². The third kappa shape index (κ3) is 3.25. The highest BCUT2D eigenvalue weighted by Crippen LogP contribution is 2.34. The second-order valence-electron chi connectivity index (χ2n) is 4.66. The first kappa shape index (κ1) is 12.5. The summed E-state index contributed by atoms with van der Waals surface area (Å²) in [6.45, 7) is 1.87. The molecule has 1 aliphatic carbocycles. The Morgan fingerprint density at radius 2 is 2.00 bits per heavy atom. The van der Waals surface area contributed by atoms with Crippen molar-refractivity contribution >= 4 is 17.7 Å². The molecule has 17 heavy (non-hydrogen) atoms. The molecule has 2 rings (SSSR count). The largest absolute Gasteiger partial charge is 0.478 e. The van der Waals surface area contributed by atoms with E-state index in [0.717, 1.165) is 10.8 Å². The van der Waals surface area contributed by atoms with Crippen molar-refractivity contribution < 1.29 is 9.90 Å². The fourth-order valence-electron chi connectivity index (χ4n) is 2.32. The van der Waals surface area contributed by atoms with Crippen LogP contribution in [0.5, 0.6) is 0 Å². The summed E-state index contributed by atoms with van der Waals surface area (Å²) in [5.74, 6) is -0.836. The van der Waals surface area contributed by atoms with E-state index in [-0.39, 0.29) is 0 Å². The van der Waals surface area contributed by atoms with Crippen molar-refractivity contribution in [3.8, 4) is 0 Å². The number of aromatic carboxylic acids is 1. The van der Waals surface area contributed by atoms with Crippen LogP contribution in [0.15, 0.2) is 23.1 Å². The number of carboxylic acid groups (broad SMARTS) is 1. The van der Waals surface area contributed by atoms with Crippen LogP contribution in [-0.4, -0.2) is 16.3 Å². The molecule has 2 nitrogen and oxygen atoms in total. The molecule has 0 heterocycles. The van der Waals surface area contributed by atoms with Gasteiger partial charge in [-0.15, -0.1) is 11.8 Å². The minimum Gasteiger partial charge on any atom is -0.478 e. The molecule has 1 saturated carbocycles. The van der Waals surface area contributed by atoms with Gasteiger partial charge in [0.25, 0.3) is 0 Å². The Kier molecular flexibility index (Phi) is 4.11. The normalized spacial score (nSPS) is 17.0. The molecule has 0 saturated heterocycles. The van der Waals surface area contributed by atoms with Crippen LogP contribution in [0.2, 0.25) is 0 Å². The first-order chi connectivity index (χ1) is 8.16. The first-order valence-corrected chi connectivity index (χ1v) is 7.05. The van der Waals surface area contributed by atoms with Crippen molar-refractivity contribution in [1.82, 2.24) is 0 Å². The smallest absolute Gasteiger partial charge is 0.335 e. The molecule has 0 amide bonds. The highest BCUT2D eigenvalue weighted by atomic mass is 32.2. The maximum Gasteiger partial charge on any atom is 0.335 e. The predicted octanol–water partition coefficient (Wildman–Crippen LogP) is 4.12. The Bertz CT molecular complexity index is 409. The quantitative estimate of drug-likeness (QED) is 0.876. The van der Waals surface area contributed by atoms with Gasteiger partial charge in [0, 0.05) is 10.1 Å². The lowest BCUT2D eigenvalue weighted by Gasteiger charge is -2.21. The summed E-state index contributed by atoms with van der Waals surface area (Å²) in [5, 5.41) is 9.69. The summed E-state index contributed by atoms with van der Waals surface area (Å²) in [4.78, 5) is 12.1. The molecule has 1 aliphatic rings. The second-order valence-corrected chi connectivity index (χ2v) is 6.03. The number of rotatable bonds is 3. The van der Waals surface area contributed by atoms with Gasteiger partial charge < -0.3 is 5.11 Å². The van der Waals surface area contributed by atoms with Crippen LogP contribution in [-0.2, 0) is 0 Å². The van der Waals surface area contributed by atoms with E-state index in [1.807, 2.05) is 30.8 Å². The van der Waals surface area contributed by atoms with Crippen LogP contribution in [0, 0.1) is 6.92 Å². The summed E-state index contributed by atoms with van der Waals surface area (Å²) < 4.78 is 0. The zero-order valence-electron chi connectivity index (χ0n) is 10.1. The van der Waals surface area contributed by atoms with Crippen molar-refractivity contribution in [3.63, 3.8) is 0 Å². The number of benzene rings is 1. The topological polar surface area (TPSA) is 37.3 Å². The Balaban J connectivity index is 2.06. The molecule has 1 N–H and O–H groups in total. The van der Waals surface area contributed by atoms with Gasteiger partial charge in [-0.2, -0.15) is 0 Å². The number of thioether (sulfide) groups is 1. The SMILES string of the molecule is Cc1cc(SC2CCCCC2)ccc1C(=O)O. The molecule has 0 atom stereocenters. The van der Waals surface area contributed by atoms with E-state index in [1.165, 1.54) is 37.0 Å². The molecule has 1 aromatic rings. The molecule has 3 heteroatoms. The van der Waals surface area contributed by atoms with E-state index in [4.69, 9.17) is 5.11 Å². The van der Waals surface area contributed by atoms with Crippen molar-refractivity contribution in [2.45, 2.75) is 49.2 Å². The fourth-order valence-corrected chi connectivity index (χ4v) is 3.67. The lowest BCUT2D eigenvalue weighted by molar-refractivity contribution is 0.0696. The van der Waals surface area contributed by atoms with Gasteiger partial charge in [-0.05, 0) is 43.5 Å². The summed E-state index contributed by atoms with van der Waals surface area (Å²) >= 11 is 1.91. The van der Waals surface area contributed by atoms with E-state index in [2.05, 4.69) is 0 Å². The van der Waals surface area contributed by atoms with Gasteiger partial charge in [-0.25, -0.2) is 4.79 Å². The van der Waals surface area contributed by atoms with Crippen LogP contribution in [0.4, 0.5) is 0 Å². The zero-order valence-corrected chi connectivity index (χ0v) is 10.9. The van der Waals surface area contributed by atoms with Crippen LogP contribution in [0.25, 0.3) is 0 Å². The van der Waals surface area contributed by atoms with Crippen molar-refractivity contribution in [2.24, 2.45) is 0 Å². The minimum atomic E-state index is -0.836. The summed E-state index contributed by atoms with van der Waals surface area (Å²) in [6, 6.07) is 5.67. The average Bonchev–Trinajstić information content (AvgIpc) is 2.30. The molecule has 0 unspecified atom stereocenters. The highest BCUT2D eigenvalue weighted by Gasteiger charge is 2.15. The minimum absolute atomic E-state index is 0.415. The number of hydrogen-bond donors (Lipinski definition) is 1. The van der Waals surface area contributed by atoms with E-state index in [1.54, 1.807) is 6.07 Å². The predicted molar refractivity (Wildman–Crippen MR) is 70.9 cm³/mol.